The number of aromatic nitrogens is 2. The number of rotatable bonds is 1. The van der Waals surface area contributed by atoms with Crippen LogP contribution < -0.4 is 10.6 Å². The number of hydrogen-bond acceptors (Lipinski definition) is 4. The van der Waals surface area contributed by atoms with Gasteiger partial charge in [0.05, 0.1) is 0 Å². The van der Waals surface area contributed by atoms with Crippen LogP contribution in [0.5, 0.6) is 0 Å². The van der Waals surface area contributed by atoms with E-state index in [1.54, 1.807) is 0 Å². The Morgan fingerprint density at radius 3 is 2.69 bits per heavy atom. The van der Waals surface area contributed by atoms with E-state index in [4.69, 9.17) is 0 Å². The van der Waals surface area contributed by atoms with Gasteiger partial charge in [-0.15, -0.1) is 0 Å². The molecule has 6 heteroatoms. The van der Waals surface area contributed by atoms with Crippen LogP contribution in [0.2, 0.25) is 0 Å². The Bertz CT molecular complexity index is 277. The number of nitrogens with zero attached hydrogens (tertiary/aromatic N) is 2. The van der Waals surface area contributed by atoms with Crippen molar-refractivity contribution in [2.24, 2.45) is 0 Å². The van der Waals surface area contributed by atoms with Gasteiger partial charge in [-0.05, 0) is 20.8 Å². The predicted molar refractivity (Wildman–Crippen MR) is 51.8 cm³/mol. The van der Waals surface area contributed by atoms with Gasteiger partial charge in [-0.3, -0.25) is 5.32 Å². The lowest BCUT2D eigenvalue weighted by atomic mass is 10.1. The van der Waals surface area contributed by atoms with Crippen molar-refractivity contribution >= 4 is 22.7 Å². The van der Waals surface area contributed by atoms with Crippen molar-refractivity contribution in [3.63, 3.8) is 0 Å². The minimum atomic E-state index is -0.260. The predicted octanol–water partition coefficient (Wildman–Crippen LogP) is 1.46. The summed E-state index contributed by atoms with van der Waals surface area (Å²) in [5.74, 6) is 0. The van der Waals surface area contributed by atoms with Crippen LogP contribution in [0.3, 0.4) is 0 Å². The summed E-state index contributed by atoms with van der Waals surface area (Å²) in [6, 6.07) is -0.260. The van der Waals surface area contributed by atoms with Gasteiger partial charge < -0.3 is 5.32 Å². The second-order valence-electron chi connectivity index (χ2n) is 3.58. The molecular formula is C7H12N4OS. The monoisotopic (exact) mass is 200 g/mol. The van der Waals surface area contributed by atoms with Crippen LogP contribution in [0.1, 0.15) is 20.8 Å². The van der Waals surface area contributed by atoms with Gasteiger partial charge in [0.15, 0.2) is 0 Å². The molecule has 0 unspecified atom stereocenters. The number of carbonyl (C=O) groups excluding carboxylic acids is 1. The van der Waals surface area contributed by atoms with Crippen LogP contribution in [-0.2, 0) is 0 Å². The van der Waals surface area contributed by atoms with Gasteiger partial charge >= 0.3 is 6.03 Å². The molecule has 0 aliphatic rings. The van der Waals surface area contributed by atoms with Gasteiger partial charge in [0.2, 0.25) is 5.13 Å². The standard InChI is InChI=1S/C7H12N4OS/c1-7(2,3)11-5(12)10-6-8-4-9-13-6/h4H,1-3H3,(H2,8,9,10,11,12). The Morgan fingerprint density at radius 2 is 2.23 bits per heavy atom. The average Bonchev–Trinajstić information content (AvgIpc) is 2.34. The third-order valence-electron chi connectivity index (χ3n) is 1.07. The maximum absolute atomic E-state index is 11.2. The molecule has 1 heterocycles. The molecule has 1 aromatic rings. The SMILES string of the molecule is CC(C)(C)NC(=O)Nc1ncns1. The summed E-state index contributed by atoms with van der Waals surface area (Å²) in [4.78, 5) is 15.1. The van der Waals surface area contributed by atoms with Crippen molar-refractivity contribution in [3.8, 4) is 0 Å². The molecule has 0 saturated heterocycles. The van der Waals surface area contributed by atoms with Crippen molar-refractivity contribution < 1.29 is 4.79 Å². The fourth-order valence-corrected chi connectivity index (χ4v) is 1.12. The van der Waals surface area contributed by atoms with E-state index in [1.807, 2.05) is 20.8 Å². The summed E-state index contributed by atoms with van der Waals surface area (Å²) in [5.41, 5.74) is -0.241. The molecular weight excluding hydrogens is 188 g/mol. The first-order chi connectivity index (χ1) is 5.97. The summed E-state index contributed by atoms with van der Waals surface area (Å²) < 4.78 is 3.76. The van der Waals surface area contributed by atoms with Gasteiger partial charge in [-0.25, -0.2) is 9.78 Å². The summed E-state index contributed by atoms with van der Waals surface area (Å²) in [6.45, 7) is 5.73. The molecule has 5 nitrogen and oxygen atoms in total. The minimum Gasteiger partial charge on any atom is -0.333 e. The number of nitrogens with one attached hydrogen (secondary N) is 2. The van der Waals surface area contributed by atoms with Crippen LogP contribution in [-0.4, -0.2) is 20.9 Å². The zero-order chi connectivity index (χ0) is 9.90. The first-order valence-electron chi connectivity index (χ1n) is 3.83. The van der Waals surface area contributed by atoms with E-state index in [-0.39, 0.29) is 11.6 Å². The molecule has 2 amide bonds. The highest BCUT2D eigenvalue weighted by Gasteiger charge is 2.13. The number of urea groups is 1. The Labute approximate surface area is 80.7 Å². The molecule has 13 heavy (non-hydrogen) atoms. The number of carbonyl (C=O) groups is 1. The highest BCUT2D eigenvalue weighted by molar-refractivity contribution is 7.09. The second-order valence-corrected chi connectivity index (χ2v) is 4.36. The summed E-state index contributed by atoms with van der Waals surface area (Å²) in [6.07, 6.45) is 1.40. The molecule has 1 rings (SSSR count). The smallest absolute Gasteiger partial charge is 0.321 e. The second kappa shape index (κ2) is 3.69. The maximum Gasteiger partial charge on any atom is 0.321 e. The third-order valence-corrected chi connectivity index (χ3v) is 1.65. The molecule has 0 spiro atoms. The van der Waals surface area contributed by atoms with Crippen LogP contribution in [0, 0.1) is 0 Å². The lowest BCUT2D eigenvalue weighted by Crippen LogP contribution is -2.43. The van der Waals surface area contributed by atoms with E-state index in [1.165, 1.54) is 6.33 Å². The normalized spacial score (nSPS) is 11.0. The molecule has 72 valence electrons. The zero-order valence-electron chi connectivity index (χ0n) is 7.79. The molecule has 0 radical (unpaired) electrons. The largest absolute Gasteiger partial charge is 0.333 e. The van der Waals surface area contributed by atoms with E-state index in [2.05, 4.69) is 20.0 Å². The molecule has 1 aromatic heterocycles. The summed E-state index contributed by atoms with van der Waals surface area (Å²) >= 11 is 1.14. The van der Waals surface area contributed by atoms with Crippen LogP contribution >= 0.6 is 11.5 Å². The lowest BCUT2D eigenvalue weighted by Gasteiger charge is -2.19. The molecule has 0 bridgehead atoms. The minimum absolute atomic E-state index is 0.241. The highest BCUT2D eigenvalue weighted by Crippen LogP contribution is 2.07. The van der Waals surface area contributed by atoms with E-state index >= 15 is 0 Å². The van der Waals surface area contributed by atoms with Crippen LogP contribution in [0.15, 0.2) is 6.33 Å². The van der Waals surface area contributed by atoms with Crippen molar-refractivity contribution in [3.05, 3.63) is 6.33 Å². The number of amides is 2. The number of anilines is 1. The quantitative estimate of drug-likeness (QED) is 0.721. The molecule has 0 fully saturated rings. The lowest BCUT2D eigenvalue weighted by molar-refractivity contribution is 0.244. The molecule has 0 saturated carbocycles. The fourth-order valence-electron chi connectivity index (χ4n) is 0.697. The van der Waals surface area contributed by atoms with Crippen LogP contribution in [0.4, 0.5) is 9.93 Å². The first kappa shape index (κ1) is 9.91. The summed E-state index contributed by atoms with van der Waals surface area (Å²) in [5, 5.41) is 5.82. The van der Waals surface area contributed by atoms with Crippen molar-refractivity contribution in [1.82, 2.24) is 14.7 Å². The Balaban J connectivity index is 2.43. The van der Waals surface area contributed by atoms with Gasteiger partial charge in [0.1, 0.15) is 6.33 Å². The molecule has 0 aromatic carbocycles. The van der Waals surface area contributed by atoms with Crippen LogP contribution in [0.25, 0.3) is 0 Å². The van der Waals surface area contributed by atoms with Crippen molar-refractivity contribution in [2.45, 2.75) is 26.3 Å². The number of hydrogen-bond donors (Lipinski definition) is 2. The Kier molecular flexibility index (Phi) is 2.82. The Morgan fingerprint density at radius 1 is 1.54 bits per heavy atom. The van der Waals surface area contributed by atoms with Gasteiger partial charge in [-0.1, -0.05) is 0 Å². The summed E-state index contributed by atoms with van der Waals surface area (Å²) in [7, 11) is 0. The van der Waals surface area contributed by atoms with E-state index in [9.17, 15) is 4.79 Å². The van der Waals surface area contributed by atoms with Crippen molar-refractivity contribution in [1.29, 1.82) is 0 Å². The molecule has 0 atom stereocenters. The maximum atomic E-state index is 11.2. The van der Waals surface area contributed by atoms with Crippen molar-refractivity contribution in [2.75, 3.05) is 5.32 Å². The molecule has 0 aliphatic carbocycles. The zero-order valence-corrected chi connectivity index (χ0v) is 8.60. The van der Waals surface area contributed by atoms with E-state index in [0.29, 0.717) is 5.13 Å². The van der Waals surface area contributed by atoms with Gasteiger partial charge in [-0.2, -0.15) is 4.37 Å². The molecule has 2 N–H and O–H groups in total. The van der Waals surface area contributed by atoms with Gasteiger partial charge in [0.25, 0.3) is 0 Å². The van der Waals surface area contributed by atoms with E-state index < -0.39 is 0 Å². The fraction of sp³-hybridized carbons (Fsp3) is 0.571. The Hall–Kier alpha value is -1.17. The third kappa shape index (κ3) is 3.84. The topological polar surface area (TPSA) is 66.9 Å². The average molecular weight is 200 g/mol. The molecule has 0 aliphatic heterocycles. The highest BCUT2D eigenvalue weighted by atomic mass is 32.1. The van der Waals surface area contributed by atoms with Gasteiger partial charge in [0, 0.05) is 17.1 Å². The first-order valence-corrected chi connectivity index (χ1v) is 4.60. The van der Waals surface area contributed by atoms with E-state index in [0.717, 1.165) is 11.5 Å².